The van der Waals surface area contributed by atoms with E-state index in [0.717, 1.165) is 24.9 Å². The average Bonchev–Trinajstić information content (AvgIpc) is 2.90. The third-order valence-corrected chi connectivity index (χ3v) is 5.31. The molecule has 1 aliphatic rings. The number of nitrogens with two attached hydrogens (primary N) is 1. The van der Waals surface area contributed by atoms with Gasteiger partial charge in [0.05, 0.1) is 0 Å². The molecule has 3 N–H and O–H groups in total. The van der Waals surface area contributed by atoms with Crippen LogP contribution in [0.15, 0.2) is 17.5 Å². The molecule has 0 aliphatic heterocycles. The minimum atomic E-state index is 0.178. The van der Waals surface area contributed by atoms with E-state index in [1.54, 1.807) is 0 Å². The molecular weight excluding hydrogens is 240 g/mol. The Kier molecular flexibility index (Phi) is 4.82. The van der Waals surface area contributed by atoms with Crippen molar-refractivity contribution in [1.29, 1.82) is 0 Å². The molecule has 18 heavy (non-hydrogen) atoms. The maximum Gasteiger partial charge on any atom is 0.0310 e. The third-order valence-electron chi connectivity index (χ3n) is 4.43. The highest BCUT2D eigenvalue weighted by atomic mass is 32.1. The summed E-state index contributed by atoms with van der Waals surface area (Å²) in [5.41, 5.74) is 6.26. The first kappa shape index (κ1) is 14.0. The molecular formula is C15H26N2S. The molecule has 2 nitrogen and oxygen atoms in total. The predicted molar refractivity (Wildman–Crippen MR) is 79.7 cm³/mol. The highest BCUT2D eigenvalue weighted by Gasteiger charge is 2.35. The van der Waals surface area contributed by atoms with Crippen LogP contribution < -0.4 is 11.1 Å². The first-order valence-corrected chi connectivity index (χ1v) is 8.01. The monoisotopic (exact) mass is 266 g/mol. The molecule has 2 unspecified atom stereocenters. The van der Waals surface area contributed by atoms with E-state index in [1.807, 2.05) is 11.3 Å². The summed E-state index contributed by atoms with van der Waals surface area (Å²) < 4.78 is 0. The number of hydrogen-bond donors (Lipinski definition) is 2. The summed E-state index contributed by atoms with van der Waals surface area (Å²) in [4.78, 5) is 1.41. The predicted octanol–water partition coefficient (Wildman–Crippen LogP) is 3.38. The Labute approximate surface area is 115 Å². The van der Waals surface area contributed by atoms with Crippen molar-refractivity contribution in [3.63, 3.8) is 0 Å². The highest BCUT2D eigenvalue weighted by Crippen LogP contribution is 2.36. The fourth-order valence-electron chi connectivity index (χ4n) is 3.08. The second-order valence-electron chi connectivity index (χ2n) is 6.02. The molecule has 1 aromatic rings. The van der Waals surface area contributed by atoms with E-state index in [0.29, 0.717) is 0 Å². The van der Waals surface area contributed by atoms with E-state index in [1.165, 1.54) is 30.6 Å². The Hall–Kier alpha value is -0.380. The molecule has 102 valence electrons. The Bertz CT molecular complexity index is 347. The van der Waals surface area contributed by atoms with Gasteiger partial charge in [-0.3, -0.25) is 0 Å². The standard InChI is InChI=1S/C15H26N2S/c1-12(2)13-5-3-7-15(9-13,11-16)17-10-14-6-4-8-18-14/h4,6,8,12-13,17H,3,5,7,9-11,16H2,1-2H3. The van der Waals surface area contributed by atoms with Gasteiger partial charge in [-0.1, -0.05) is 32.8 Å². The van der Waals surface area contributed by atoms with Crippen LogP contribution in [0.4, 0.5) is 0 Å². The van der Waals surface area contributed by atoms with Crippen LogP contribution in [0.3, 0.4) is 0 Å². The van der Waals surface area contributed by atoms with Gasteiger partial charge in [-0.05, 0) is 36.1 Å². The second kappa shape index (κ2) is 6.18. The second-order valence-corrected chi connectivity index (χ2v) is 7.05. The van der Waals surface area contributed by atoms with Crippen molar-refractivity contribution in [3.05, 3.63) is 22.4 Å². The van der Waals surface area contributed by atoms with Crippen molar-refractivity contribution in [2.75, 3.05) is 6.54 Å². The summed E-state index contributed by atoms with van der Waals surface area (Å²) in [5, 5.41) is 5.90. The lowest BCUT2D eigenvalue weighted by atomic mass is 9.71. The quantitative estimate of drug-likeness (QED) is 0.857. The zero-order valence-corrected chi connectivity index (χ0v) is 12.4. The molecule has 2 rings (SSSR count). The zero-order chi connectivity index (χ0) is 13.0. The van der Waals surface area contributed by atoms with Gasteiger partial charge < -0.3 is 11.1 Å². The Morgan fingerprint density at radius 3 is 3.00 bits per heavy atom. The molecule has 1 aliphatic carbocycles. The lowest BCUT2D eigenvalue weighted by Crippen LogP contribution is -2.54. The molecule has 0 amide bonds. The minimum Gasteiger partial charge on any atom is -0.329 e. The molecule has 0 saturated heterocycles. The maximum absolute atomic E-state index is 6.08. The molecule has 0 aromatic carbocycles. The molecule has 1 fully saturated rings. The lowest BCUT2D eigenvalue weighted by molar-refractivity contribution is 0.152. The van der Waals surface area contributed by atoms with Gasteiger partial charge >= 0.3 is 0 Å². The summed E-state index contributed by atoms with van der Waals surface area (Å²) >= 11 is 1.82. The van der Waals surface area contributed by atoms with Crippen LogP contribution in [0.5, 0.6) is 0 Å². The SMILES string of the molecule is CC(C)C1CCCC(CN)(NCc2cccs2)C1. The maximum atomic E-state index is 6.08. The molecule has 2 atom stereocenters. The number of thiophene rings is 1. The van der Waals surface area contributed by atoms with E-state index in [2.05, 4.69) is 36.7 Å². The van der Waals surface area contributed by atoms with E-state index < -0.39 is 0 Å². The summed E-state index contributed by atoms with van der Waals surface area (Å²) in [6, 6.07) is 4.32. The van der Waals surface area contributed by atoms with Crippen molar-refractivity contribution in [2.24, 2.45) is 17.6 Å². The summed E-state index contributed by atoms with van der Waals surface area (Å²) in [7, 11) is 0. The third kappa shape index (κ3) is 3.34. The minimum absolute atomic E-state index is 0.178. The van der Waals surface area contributed by atoms with Crippen LogP contribution in [0.25, 0.3) is 0 Å². The zero-order valence-electron chi connectivity index (χ0n) is 11.6. The van der Waals surface area contributed by atoms with Crippen LogP contribution in [-0.2, 0) is 6.54 Å². The normalized spacial score (nSPS) is 28.8. The van der Waals surface area contributed by atoms with Gasteiger partial charge in [-0.2, -0.15) is 0 Å². The van der Waals surface area contributed by atoms with Crippen LogP contribution in [0, 0.1) is 11.8 Å². The highest BCUT2D eigenvalue weighted by molar-refractivity contribution is 7.09. The molecule has 0 spiro atoms. The topological polar surface area (TPSA) is 38.0 Å². The van der Waals surface area contributed by atoms with E-state index >= 15 is 0 Å². The summed E-state index contributed by atoms with van der Waals surface area (Å²) in [6.07, 6.45) is 5.17. The smallest absolute Gasteiger partial charge is 0.0310 e. The van der Waals surface area contributed by atoms with Crippen molar-refractivity contribution in [3.8, 4) is 0 Å². The molecule has 1 heterocycles. The van der Waals surface area contributed by atoms with Gasteiger partial charge in [0.15, 0.2) is 0 Å². The number of hydrogen-bond acceptors (Lipinski definition) is 3. The van der Waals surface area contributed by atoms with Crippen LogP contribution in [-0.4, -0.2) is 12.1 Å². The molecule has 0 bridgehead atoms. The van der Waals surface area contributed by atoms with Gasteiger partial charge in [0.25, 0.3) is 0 Å². The molecule has 1 aromatic heterocycles. The lowest BCUT2D eigenvalue weighted by Gasteiger charge is -2.42. The Morgan fingerprint density at radius 1 is 1.56 bits per heavy atom. The van der Waals surface area contributed by atoms with Crippen LogP contribution in [0.1, 0.15) is 44.4 Å². The van der Waals surface area contributed by atoms with Crippen LogP contribution >= 0.6 is 11.3 Å². The van der Waals surface area contributed by atoms with E-state index in [9.17, 15) is 0 Å². The number of rotatable bonds is 5. The van der Waals surface area contributed by atoms with Crippen LogP contribution in [0.2, 0.25) is 0 Å². The van der Waals surface area contributed by atoms with E-state index in [4.69, 9.17) is 5.73 Å². The van der Waals surface area contributed by atoms with Gasteiger partial charge in [-0.25, -0.2) is 0 Å². The first-order chi connectivity index (χ1) is 8.65. The van der Waals surface area contributed by atoms with Gasteiger partial charge in [0.2, 0.25) is 0 Å². The fraction of sp³-hybridized carbons (Fsp3) is 0.733. The fourth-order valence-corrected chi connectivity index (χ4v) is 3.73. The average molecular weight is 266 g/mol. The first-order valence-electron chi connectivity index (χ1n) is 7.13. The summed E-state index contributed by atoms with van der Waals surface area (Å²) in [5.74, 6) is 1.61. The number of nitrogens with one attached hydrogen (secondary N) is 1. The Morgan fingerprint density at radius 2 is 2.39 bits per heavy atom. The van der Waals surface area contributed by atoms with Crippen molar-refractivity contribution >= 4 is 11.3 Å². The molecule has 0 radical (unpaired) electrons. The Balaban J connectivity index is 1.96. The van der Waals surface area contributed by atoms with E-state index in [-0.39, 0.29) is 5.54 Å². The summed E-state index contributed by atoms with van der Waals surface area (Å²) in [6.45, 7) is 6.42. The van der Waals surface area contributed by atoms with Gasteiger partial charge in [-0.15, -0.1) is 11.3 Å². The van der Waals surface area contributed by atoms with Crippen molar-refractivity contribution in [2.45, 2.75) is 51.6 Å². The van der Waals surface area contributed by atoms with Crippen molar-refractivity contribution in [1.82, 2.24) is 5.32 Å². The van der Waals surface area contributed by atoms with Gasteiger partial charge in [0.1, 0.15) is 0 Å². The largest absolute Gasteiger partial charge is 0.329 e. The molecule has 3 heteroatoms. The van der Waals surface area contributed by atoms with Gasteiger partial charge in [0, 0.05) is 23.5 Å². The van der Waals surface area contributed by atoms with Crippen molar-refractivity contribution < 1.29 is 0 Å². The molecule has 1 saturated carbocycles.